The molecule has 1 fully saturated rings. The fourth-order valence-electron chi connectivity index (χ4n) is 3.37. The van der Waals surface area contributed by atoms with Crippen molar-refractivity contribution in [1.29, 1.82) is 0 Å². The Kier molecular flexibility index (Phi) is 4.03. The molecule has 26 heavy (non-hydrogen) atoms. The first-order valence-corrected chi connectivity index (χ1v) is 10.3. The summed E-state index contributed by atoms with van der Waals surface area (Å²) in [6, 6.07) is 13.2. The molecule has 0 radical (unpaired) electrons. The minimum absolute atomic E-state index is 0.0531. The van der Waals surface area contributed by atoms with Crippen molar-refractivity contribution in [3.63, 3.8) is 0 Å². The van der Waals surface area contributed by atoms with Gasteiger partial charge in [-0.15, -0.1) is 0 Å². The van der Waals surface area contributed by atoms with Crippen LogP contribution >= 0.6 is 0 Å². The maximum atomic E-state index is 12.6. The van der Waals surface area contributed by atoms with Crippen molar-refractivity contribution in [3.05, 3.63) is 54.2 Å². The molecule has 6 nitrogen and oxygen atoms in total. The third-order valence-electron chi connectivity index (χ3n) is 4.98. The number of sulfone groups is 1. The van der Waals surface area contributed by atoms with Gasteiger partial charge in [0.25, 0.3) is 5.91 Å². The fourth-order valence-corrected chi connectivity index (χ4v) is 5.15. The lowest BCUT2D eigenvalue weighted by Gasteiger charge is -2.23. The van der Waals surface area contributed by atoms with Crippen molar-refractivity contribution >= 4 is 26.6 Å². The number of rotatable bonds is 3. The molecule has 0 aliphatic carbocycles. The minimum atomic E-state index is -3.01. The molecule has 0 spiro atoms. The molecule has 1 amide bonds. The monoisotopic (exact) mass is 369 g/mol. The quantitative estimate of drug-likeness (QED) is 0.769. The largest absolute Gasteiger partial charge is 0.338 e. The molecule has 0 saturated carbocycles. The molecular weight excluding hydrogens is 350 g/mol. The molecule has 3 aromatic rings. The Morgan fingerprint density at radius 2 is 1.88 bits per heavy atom. The van der Waals surface area contributed by atoms with Crippen molar-refractivity contribution < 1.29 is 13.2 Å². The van der Waals surface area contributed by atoms with Crippen LogP contribution in [0.1, 0.15) is 16.8 Å². The highest BCUT2D eigenvalue weighted by molar-refractivity contribution is 7.91. The highest BCUT2D eigenvalue weighted by Crippen LogP contribution is 2.24. The van der Waals surface area contributed by atoms with E-state index < -0.39 is 9.84 Å². The van der Waals surface area contributed by atoms with Crippen molar-refractivity contribution in [2.75, 3.05) is 18.6 Å². The van der Waals surface area contributed by atoms with E-state index in [4.69, 9.17) is 0 Å². The standard InChI is InChI=1S/C19H19N3O3S/c1-22(17-8-9-26(24,25)12-17)19(23)14-4-2-13(3-5-14)15-6-7-16-11-20-21-18(16)10-15/h2-7,10-11,17H,8-9,12H2,1H3,(H,20,21)/t17-/m1/s1. The summed E-state index contributed by atoms with van der Waals surface area (Å²) >= 11 is 0. The van der Waals surface area contributed by atoms with Crippen LogP contribution in [0.5, 0.6) is 0 Å². The SMILES string of the molecule is CN(C(=O)c1ccc(-c2ccc3cn[nH]c3c2)cc1)[C@@H]1CCS(=O)(=O)C1. The van der Waals surface area contributed by atoms with Gasteiger partial charge in [-0.3, -0.25) is 9.89 Å². The lowest BCUT2D eigenvalue weighted by molar-refractivity contribution is 0.0747. The first-order valence-electron chi connectivity index (χ1n) is 8.44. The highest BCUT2D eigenvalue weighted by Gasteiger charge is 2.32. The van der Waals surface area contributed by atoms with Crippen LogP contribution in [0.15, 0.2) is 48.7 Å². The van der Waals surface area contributed by atoms with Gasteiger partial charge in [-0.1, -0.05) is 24.3 Å². The van der Waals surface area contributed by atoms with Crippen LogP contribution in [0.4, 0.5) is 0 Å². The first kappa shape index (κ1) is 16.8. The Hall–Kier alpha value is -2.67. The van der Waals surface area contributed by atoms with E-state index in [1.54, 1.807) is 30.3 Å². The van der Waals surface area contributed by atoms with E-state index in [0.29, 0.717) is 12.0 Å². The zero-order chi connectivity index (χ0) is 18.3. The number of hydrogen-bond donors (Lipinski definition) is 1. The summed E-state index contributed by atoms with van der Waals surface area (Å²) < 4.78 is 23.3. The van der Waals surface area contributed by atoms with E-state index in [1.165, 1.54) is 0 Å². The van der Waals surface area contributed by atoms with E-state index in [0.717, 1.165) is 22.0 Å². The number of hydrogen-bond acceptors (Lipinski definition) is 4. The Morgan fingerprint density at radius 3 is 2.58 bits per heavy atom. The molecule has 1 atom stereocenters. The Morgan fingerprint density at radius 1 is 1.15 bits per heavy atom. The van der Waals surface area contributed by atoms with Gasteiger partial charge in [-0.25, -0.2) is 8.42 Å². The Bertz CT molecular complexity index is 1070. The number of nitrogens with one attached hydrogen (secondary N) is 1. The van der Waals surface area contributed by atoms with Crippen molar-refractivity contribution in [3.8, 4) is 11.1 Å². The number of carbonyl (C=O) groups is 1. The molecule has 7 heteroatoms. The summed E-state index contributed by atoms with van der Waals surface area (Å²) in [7, 11) is -1.34. The average molecular weight is 369 g/mol. The van der Waals surface area contributed by atoms with Gasteiger partial charge in [0, 0.05) is 24.0 Å². The molecule has 4 rings (SSSR count). The first-order chi connectivity index (χ1) is 12.4. The predicted molar refractivity (Wildman–Crippen MR) is 101 cm³/mol. The lowest BCUT2D eigenvalue weighted by atomic mass is 10.0. The third kappa shape index (κ3) is 3.10. The van der Waals surface area contributed by atoms with Gasteiger partial charge in [0.2, 0.25) is 0 Å². The number of carbonyl (C=O) groups excluding carboxylic acids is 1. The van der Waals surface area contributed by atoms with Gasteiger partial charge in [-0.2, -0.15) is 5.10 Å². The van der Waals surface area contributed by atoms with Crippen LogP contribution in [0, 0.1) is 0 Å². The summed E-state index contributed by atoms with van der Waals surface area (Å²) in [4.78, 5) is 14.2. The molecule has 1 aliphatic rings. The molecule has 134 valence electrons. The van der Waals surface area contributed by atoms with Crippen LogP contribution in [0.25, 0.3) is 22.0 Å². The van der Waals surface area contributed by atoms with Gasteiger partial charge in [0.05, 0.1) is 23.2 Å². The van der Waals surface area contributed by atoms with Gasteiger partial charge in [0.15, 0.2) is 9.84 Å². The number of aromatic nitrogens is 2. The van der Waals surface area contributed by atoms with Crippen molar-refractivity contribution in [1.82, 2.24) is 15.1 Å². The summed E-state index contributed by atoms with van der Waals surface area (Å²) in [5.74, 6) is 0.0598. The highest BCUT2D eigenvalue weighted by atomic mass is 32.2. The van der Waals surface area contributed by atoms with Crippen LogP contribution in [0.2, 0.25) is 0 Å². The summed E-state index contributed by atoms with van der Waals surface area (Å²) in [6.07, 6.45) is 2.28. The topological polar surface area (TPSA) is 83.1 Å². The van der Waals surface area contributed by atoms with Crippen LogP contribution in [0.3, 0.4) is 0 Å². The van der Waals surface area contributed by atoms with Gasteiger partial charge < -0.3 is 4.90 Å². The average Bonchev–Trinajstić information content (AvgIpc) is 3.25. The second-order valence-electron chi connectivity index (χ2n) is 6.72. The lowest BCUT2D eigenvalue weighted by Crippen LogP contribution is -2.37. The van der Waals surface area contributed by atoms with Gasteiger partial charge in [-0.05, 0) is 35.7 Å². The zero-order valence-corrected chi connectivity index (χ0v) is 15.2. The summed E-state index contributed by atoms with van der Waals surface area (Å²) in [5.41, 5.74) is 3.56. The number of aromatic amines is 1. The van der Waals surface area contributed by atoms with E-state index >= 15 is 0 Å². The minimum Gasteiger partial charge on any atom is -0.338 e. The van der Waals surface area contributed by atoms with E-state index in [-0.39, 0.29) is 23.5 Å². The molecule has 0 bridgehead atoms. The number of amides is 1. The molecule has 2 aromatic carbocycles. The molecule has 1 aliphatic heterocycles. The van der Waals surface area contributed by atoms with Gasteiger partial charge in [0.1, 0.15) is 0 Å². The fraction of sp³-hybridized carbons (Fsp3) is 0.263. The predicted octanol–water partition coefficient (Wildman–Crippen LogP) is 2.49. The maximum Gasteiger partial charge on any atom is 0.253 e. The molecule has 0 unspecified atom stereocenters. The second kappa shape index (κ2) is 6.25. The number of benzene rings is 2. The Balaban J connectivity index is 1.54. The van der Waals surface area contributed by atoms with E-state index in [9.17, 15) is 13.2 Å². The number of fused-ring (bicyclic) bond motifs is 1. The molecule has 2 heterocycles. The van der Waals surface area contributed by atoms with Gasteiger partial charge >= 0.3 is 0 Å². The van der Waals surface area contributed by atoms with Crippen molar-refractivity contribution in [2.45, 2.75) is 12.5 Å². The van der Waals surface area contributed by atoms with Crippen LogP contribution in [-0.2, 0) is 9.84 Å². The van der Waals surface area contributed by atoms with Crippen molar-refractivity contribution in [2.24, 2.45) is 0 Å². The molecule has 1 saturated heterocycles. The second-order valence-corrected chi connectivity index (χ2v) is 8.95. The summed E-state index contributed by atoms with van der Waals surface area (Å²) in [6.45, 7) is 0. The smallest absolute Gasteiger partial charge is 0.253 e. The molecular formula is C19H19N3O3S. The van der Waals surface area contributed by atoms with Crippen LogP contribution in [-0.4, -0.2) is 54.0 Å². The molecule has 1 aromatic heterocycles. The number of H-pyrrole nitrogens is 1. The number of nitrogens with zero attached hydrogens (tertiary/aromatic N) is 2. The normalized spacial score (nSPS) is 18.9. The van der Waals surface area contributed by atoms with E-state index in [2.05, 4.69) is 10.2 Å². The summed E-state index contributed by atoms with van der Waals surface area (Å²) in [5, 5.41) is 8.02. The maximum absolute atomic E-state index is 12.6. The van der Waals surface area contributed by atoms with Crippen LogP contribution < -0.4 is 0 Å². The third-order valence-corrected chi connectivity index (χ3v) is 6.73. The Labute approximate surface area is 151 Å². The molecule has 1 N–H and O–H groups in total. The zero-order valence-electron chi connectivity index (χ0n) is 14.3. The van der Waals surface area contributed by atoms with E-state index in [1.807, 2.05) is 30.3 Å².